The van der Waals surface area contributed by atoms with Crippen LogP contribution in [-0.4, -0.2) is 36.5 Å². The van der Waals surface area contributed by atoms with Crippen LogP contribution >= 0.6 is 0 Å². The Kier molecular flexibility index (Phi) is 5.59. The third-order valence-electron chi connectivity index (χ3n) is 3.82. The van der Waals surface area contributed by atoms with Crippen LogP contribution in [0.2, 0.25) is 0 Å². The standard InChI is InChI=1S/C18H22O6/c1-4-22-16(20)18(17(21)23-5-2)9-8-14-11-13(10-12(3)19)6-7-15(14)24-18/h6-7,11H,4-5,8-10H2,1-3H3. The normalized spacial score (nSPS) is 15.0. The minimum absolute atomic E-state index is 0.0686. The number of hydrogen-bond donors (Lipinski definition) is 0. The molecule has 1 aliphatic rings. The minimum atomic E-state index is -1.76. The largest absolute Gasteiger partial charge is 0.463 e. The predicted octanol–water partition coefficient (Wildman–Crippen LogP) is 2.01. The van der Waals surface area contributed by atoms with Crippen molar-refractivity contribution in [1.29, 1.82) is 0 Å². The first-order valence-corrected chi connectivity index (χ1v) is 8.07. The highest BCUT2D eigenvalue weighted by atomic mass is 16.6. The van der Waals surface area contributed by atoms with E-state index in [0.717, 1.165) is 11.1 Å². The molecule has 0 aliphatic carbocycles. The Morgan fingerprint density at radius 2 is 1.75 bits per heavy atom. The molecule has 1 aliphatic heterocycles. The van der Waals surface area contributed by atoms with Crippen molar-refractivity contribution in [3.05, 3.63) is 29.3 Å². The molecule has 130 valence electrons. The van der Waals surface area contributed by atoms with Crippen molar-refractivity contribution >= 4 is 17.7 Å². The van der Waals surface area contributed by atoms with Gasteiger partial charge in [0.15, 0.2) is 0 Å². The molecule has 0 unspecified atom stereocenters. The smallest absolute Gasteiger partial charge is 0.362 e. The number of ketones is 1. The van der Waals surface area contributed by atoms with Gasteiger partial charge in [-0.15, -0.1) is 0 Å². The number of Topliss-reactive ketones (excluding diaryl/α,β-unsaturated/α-hetero) is 1. The average molecular weight is 334 g/mol. The van der Waals surface area contributed by atoms with Gasteiger partial charge in [0.1, 0.15) is 11.5 Å². The lowest BCUT2D eigenvalue weighted by Crippen LogP contribution is -2.55. The van der Waals surface area contributed by atoms with Gasteiger partial charge in [-0.1, -0.05) is 12.1 Å². The van der Waals surface area contributed by atoms with Crippen molar-refractivity contribution in [2.24, 2.45) is 0 Å². The molecule has 0 amide bonds. The number of ether oxygens (including phenoxy) is 3. The molecule has 1 aromatic carbocycles. The molecule has 0 bridgehead atoms. The Balaban J connectivity index is 2.33. The first kappa shape index (κ1) is 18.0. The van der Waals surface area contributed by atoms with Gasteiger partial charge in [0.2, 0.25) is 0 Å². The van der Waals surface area contributed by atoms with Gasteiger partial charge in [-0.2, -0.15) is 0 Å². The van der Waals surface area contributed by atoms with Crippen molar-refractivity contribution in [2.75, 3.05) is 13.2 Å². The molecule has 0 radical (unpaired) electrons. The van der Waals surface area contributed by atoms with Crippen LogP contribution in [0.15, 0.2) is 18.2 Å². The quantitative estimate of drug-likeness (QED) is 0.585. The van der Waals surface area contributed by atoms with Crippen molar-refractivity contribution in [1.82, 2.24) is 0 Å². The van der Waals surface area contributed by atoms with Gasteiger partial charge in [-0.25, -0.2) is 9.59 Å². The summed E-state index contributed by atoms with van der Waals surface area (Å²) in [6.07, 6.45) is 0.939. The van der Waals surface area contributed by atoms with Crippen LogP contribution in [0.4, 0.5) is 0 Å². The van der Waals surface area contributed by atoms with Gasteiger partial charge in [-0.3, -0.25) is 4.79 Å². The summed E-state index contributed by atoms with van der Waals surface area (Å²) in [5.41, 5.74) is -0.0243. The van der Waals surface area contributed by atoms with E-state index >= 15 is 0 Å². The molecular formula is C18H22O6. The molecule has 0 fully saturated rings. The molecule has 0 saturated carbocycles. The molecule has 0 saturated heterocycles. The summed E-state index contributed by atoms with van der Waals surface area (Å²) in [6.45, 7) is 5.16. The van der Waals surface area contributed by atoms with Crippen LogP contribution in [0.25, 0.3) is 0 Å². The molecule has 0 atom stereocenters. The SMILES string of the molecule is CCOC(=O)C1(C(=O)OCC)CCc2cc(CC(C)=O)ccc2O1. The van der Waals surface area contributed by atoms with Gasteiger partial charge in [0.25, 0.3) is 0 Å². The molecule has 6 heteroatoms. The second-order valence-electron chi connectivity index (χ2n) is 5.69. The summed E-state index contributed by atoms with van der Waals surface area (Å²) in [6, 6.07) is 5.31. The molecule has 0 aromatic heterocycles. The van der Waals surface area contributed by atoms with E-state index in [4.69, 9.17) is 14.2 Å². The lowest BCUT2D eigenvalue weighted by Gasteiger charge is -2.34. The number of aryl methyl sites for hydroxylation is 1. The molecule has 1 heterocycles. The van der Waals surface area contributed by atoms with E-state index in [1.54, 1.807) is 26.0 Å². The molecule has 0 spiro atoms. The lowest BCUT2D eigenvalue weighted by molar-refractivity contribution is -0.181. The van der Waals surface area contributed by atoms with Gasteiger partial charge < -0.3 is 14.2 Å². The van der Waals surface area contributed by atoms with Crippen LogP contribution in [0.5, 0.6) is 5.75 Å². The van der Waals surface area contributed by atoms with Crippen molar-refractivity contribution in [3.8, 4) is 5.75 Å². The van der Waals surface area contributed by atoms with Crippen molar-refractivity contribution in [2.45, 2.75) is 45.6 Å². The highest BCUT2D eigenvalue weighted by Gasteiger charge is 2.53. The molecule has 2 rings (SSSR count). The maximum Gasteiger partial charge on any atom is 0.362 e. The molecule has 6 nitrogen and oxygen atoms in total. The van der Waals surface area contributed by atoms with Crippen molar-refractivity contribution in [3.63, 3.8) is 0 Å². The average Bonchev–Trinajstić information content (AvgIpc) is 2.54. The van der Waals surface area contributed by atoms with Crippen LogP contribution in [-0.2, 0) is 36.7 Å². The topological polar surface area (TPSA) is 78.9 Å². The maximum absolute atomic E-state index is 12.4. The fourth-order valence-corrected chi connectivity index (χ4v) is 2.74. The van der Waals surface area contributed by atoms with Crippen LogP contribution in [0.1, 0.15) is 38.3 Å². The second-order valence-corrected chi connectivity index (χ2v) is 5.69. The summed E-state index contributed by atoms with van der Waals surface area (Å²) in [4.78, 5) is 36.0. The molecular weight excluding hydrogens is 312 g/mol. The Bertz CT molecular complexity index is 631. The Hall–Kier alpha value is -2.37. The summed E-state index contributed by atoms with van der Waals surface area (Å²) >= 11 is 0. The lowest BCUT2D eigenvalue weighted by atomic mass is 9.89. The van der Waals surface area contributed by atoms with Gasteiger partial charge >= 0.3 is 17.5 Å². The molecule has 0 N–H and O–H groups in total. The number of fused-ring (bicyclic) bond motifs is 1. The zero-order valence-corrected chi connectivity index (χ0v) is 14.2. The van der Waals surface area contributed by atoms with Gasteiger partial charge in [0.05, 0.1) is 13.2 Å². The number of hydrogen-bond acceptors (Lipinski definition) is 6. The first-order valence-electron chi connectivity index (χ1n) is 8.07. The predicted molar refractivity (Wildman–Crippen MR) is 85.8 cm³/mol. The number of esters is 2. The van der Waals surface area contributed by atoms with Gasteiger partial charge in [0, 0.05) is 12.8 Å². The fourth-order valence-electron chi connectivity index (χ4n) is 2.74. The number of carbonyl (C=O) groups is 3. The third kappa shape index (κ3) is 3.58. The Labute approximate surface area is 141 Å². The fraction of sp³-hybridized carbons (Fsp3) is 0.500. The Morgan fingerprint density at radius 3 is 2.29 bits per heavy atom. The number of benzene rings is 1. The number of rotatable bonds is 6. The summed E-state index contributed by atoms with van der Waals surface area (Å²) in [5.74, 6) is -0.961. The minimum Gasteiger partial charge on any atom is -0.463 e. The van der Waals surface area contributed by atoms with Crippen LogP contribution < -0.4 is 4.74 Å². The monoisotopic (exact) mass is 334 g/mol. The van der Waals surface area contributed by atoms with E-state index in [-0.39, 0.29) is 25.4 Å². The van der Waals surface area contributed by atoms with E-state index in [1.807, 2.05) is 6.07 Å². The summed E-state index contributed by atoms with van der Waals surface area (Å²) in [5, 5.41) is 0. The second kappa shape index (κ2) is 7.47. The van der Waals surface area contributed by atoms with E-state index in [0.29, 0.717) is 18.6 Å². The number of carbonyl (C=O) groups excluding carboxylic acids is 3. The summed E-state index contributed by atoms with van der Waals surface area (Å²) in [7, 11) is 0. The maximum atomic E-state index is 12.4. The summed E-state index contributed by atoms with van der Waals surface area (Å²) < 4.78 is 15.8. The Morgan fingerprint density at radius 1 is 1.12 bits per heavy atom. The zero-order valence-electron chi connectivity index (χ0n) is 14.2. The molecule has 1 aromatic rings. The molecule has 24 heavy (non-hydrogen) atoms. The first-order chi connectivity index (χ1) is 11.4. The zero-order chi connectivity index (χ0) is 17.7. The highest BCUT2D eigenvalue weighted by Crippen LogP contribution is 2.36. The van der Waals surface area contributed by atoms with E-state index < -0.39 is 17.5 Å². The third-order valence-corrected chi connectivity index (χ3v) is 3.82. The van der Waals surface area contributed by atoms with E-state index in [2.05, 4.69) is 0 Å². The highest BCUT2D eigenvalue weighted by molar-refractivity contribution is 6.04. The van der Waals surface area contributed by atoms with Gasteiger partial charge in [-0.05, 0) is 44.4 Å². The van der Waals surface area contributed by atoms with Crippen molar-refractivity contribution < 1.29 is 28.6 Å². The van der Waals surface area contributed by atoms with Crippen LogP contribution in [0.3, 0.4) is 0 Å². The van der Waals surface area contributed by atoms with E-state index in [9.17, 15) is 14.4 Å². The van der Waals surface area contributed by atoms with Crippen LogP contribution in [0, 0.1) is 0 Å². The van der Waals surface area contributed by atoms with E-state index in [1.165, 1.54) is 6.92 Å².